The van der Waals surface area contributed by atoms with Crippen molar-refractivity contribution >= 4 is 5.91 Å². The zero-order valence-electron chi connectivity index (χ0n) is 8.55. The number of hydrogen-bond acceptors (Lipinski definition) is 1. The van der Waals surface area contributed by atoms with Crippen LogP contribution in [0.5, 0.6) is 0 Å². The van der Waals surface area contributed by atoms with Gasteiger partial charge in [-0.3, -0.25) is 4.79 Å². The van der Waals surface area contributed by atoms with Crippen LogP contribution in [-0.4, -0.2) is 24.4 Å². The molecule has 1 amide bonds. The molecule has 0 radical (unpaired) electrons. The average molecular weight is 169 g/mol. The van der Waals surface area contributed by atoms with Crippen molar-refractivity contribution in [2.75, 3.05) is 13.6 Å². The summed E-state index contributed by atoms with van der Waals surface area (Å²) in [5.74, 6) is 0.931. The van der Waals surface area contributed by atoms with Gasteiger partial charge in [0.25, 0.3) is 0 Å². The first-order valence-electron chi connectivity index (χ1n) is 4.65. The fourth-order valence-corrected chi connectivity index (χ4v) is 2.19. The van der Waals surface area contributed by atoms with Crippen molar-refractivity contribution in [3.8, 4) is 0 Å². The van der Waals surface area contributed by atoms with Crippen molar-refractivity contribution in [2.24, 2.45) is 11.3 Å². The summed E-state index contributed by atoms with van der Waals surface area (Å²) in [5, 5.41) is 0. The van der Waals surface area contributed by atoms with E-state index in [1.807, 2.05) is 11.9 Å². The van der Waals surface area contributed by atoms with E-state index >= 15 is 0 Å². The summed E-state index contributed by atoms with van der Waals surface area (Å²) >= 11 is 0. The molecule has 0 aromatic rings. The van der Waals surface area contributed by atoms with Crippen molar-refractivity contribution in [1.29, 1.82) is 0 Å². The molecule has 0 aromatic heterocycles. The third kappa shape index (κ3) is 2.23. The van der Waals surface area contributed by atoms with E-state index in [1.165, 1.54) is 0 Å². The molecule has 1 heterocycles. The molecule has 1 rings (SSSR count). The van der Waals surface area contributed by atoms with Gasteiger partial charge in [-0.05, 0) is 17.8 Å². The lowest BCUT2D eigenvalue weighted by Crippen LogP contribution is -2.28. The van der Waals surface area contributed by atoms with Crippen LogP contribution < -0.4 is 0 Å². The van der Waals surface area contributed by atoms with E-state index in [4.69, 9.17) is 0 Å². The highest BCUT2D eigenvalue weighted by Crippen LogP contribution is 2.32. The molecule has 12 heavy (non-hydrogen) atoms. The number of likely N-dealkylation sites (tertiary alicyclic amines) is 1. The van der Waals surface area contributed by atoms with E-state index in [9.17, 15) is 4.79 Å². The molecule has 2 nitrogen and oxygen atoms in total. The molecule has 1 aliphatic heterocycles. The average Bonchev–Trinajstić information content (AvgIpc) is 1.89. The minimum Gasteiger partial charge on any atom is -0.345 e. The summed E-state index contributed by atoms with van der Waals surface area (Å²) in [7, 11) is 1.90. The Balaban J connectivity index is 2.73. The Morgan fingerprint density at radius 2 is 2.08 bits per heavy atom. The van der Waals surface area contributed by atoms with Crippen LogP contribution in [0.25, 0.3) is 0 Å². The number of nitrogens with zero attached hydrogens (tertiary/aromatic N) is 1. The maximum Gasteiger partial charge on any atom is 0.222 e. The molecule has 0 saturated carbocycles. The smallest absolute Gasteiger partial charge is 0.222 e. The number of amides is 1. The molecular weight excluding hydrogens is 150 g/mol. The normalized spacial score (nSPS) is 30.2. The van der Waals surface area contributed by atoms with Crippen LogP contribution in [0.1, 0.15) is 33.6 Å². The summed E-state index contributed by atoms with van der Waals surface area (Å²) in [4.78, 5) is 13.4. The van der Waals surface area contributed by atoms with Gasteiger partial charge in [0, 0.05) is 20.0 Å². The molecule has 1 aliphatic rings. The maximum atomic E-state index is 11.5. The van der Waals surface area contributed by atoms with Crippen molar-refractivity contribution < 1.29 is 4.79 Å². The lowest BCUT2D eigenvalue weighted by molar-refractivity contribution is -0.130. The highest BCUT2D eigenvalue weighted by Gasteiger charge is 2.30. The van der Waals surface area contributed by atoms with E-state index in [0.29, 0.717) is 18.2 Å². The Morgan fingerprint density at radius 1 is 1.50 bits per heavy atom. The quantitative estimate of drug-likeness (QED) is 0.542. The number of carbonyl (C=O) groups is 1. The van der Waals surface area contributed by atoms with Gasteiger partial charge in [-0.2, -0.15) is 0 Å². The molecule has 1 atom stereocenters. The lowest BCUT2D eigenvalue weighted by Gasteiger charge is -2.22. The Hall–Kier alpha value is -0.530. The number of carbonyl (C=O) groups excluding carboxylic acids is 1. The standard InChI is InChI=1S/C10H19NO/c1-8-5-10(2,3)6-9(12)11(4)7-8/h8H,5-7H2,1-4H3. The van der Waals surface area contributed by atoms with E-state index in [0.717, 1.165) is 13.0 Å². The lowest BCUT2D eigenvalue weighted by atomic mass is 9.82. The number of rotatable bonds is 0. The maximum absolute atomic E-state index is 11.5. The van der Waals surface area contributed by atoms with Crippen LogP contribution in [0.2, 0.25) is 0 Å². The van der Waals surface area contributed by atoms with E-state index in [2.05, 4.69) is 20.8 Å². The Labute approximate surface area is 74.9 Å². The molecule has 1 fully saturated rings. The molecule has 0 aliphatic carbocycles. The SMILES string of the molecule is CC1CN(C)C(=O)CC(C)(C)C1. The molecule has 0 spiro atoms. The van der Waals surface area contributed by atoms with Gasteiger partial charge in [0.1, 0.15) is 0 Å². The van der Waals surface area contributed by atoms with Crippen LogP contribution in [0.15, 0.2) is 0 Å². The molecule has 2 heteroatoms. The highest BCUT2D eigenvalue weighted by molar-refractivity contribution is 5.76. The van der Waals surface area contributed by atoms with Crippen LogP contribution in [0.3, 0.4) is 0 Å². The first-order valence-corrected chi connectivity index (χ1v) is 4.65. The Kier molecular flexibility index (Phi) is 2.45. The second-order valence-electron chi connectivity index (χ2n) is 4.92. The summed E-state index contributed by atoms with van der Waals surface area (Å²) in [6.45, 7) is 7.50. The van der Waals surface area contributed by atoms with Crippen LogP contribution >= 0.6 is 0 Å². The fourth-order valence-electron chi connectivity index (χ4n) is 2.19. The van der Waals surface area contributed by atoms with E-state index < -0.39 is 0 Å². The minimum absolute atomic E-state index is 0.196. The molecule has 1 saturated heterocycles. The largest absolute Gasteiger partial charge is 0.345 e. The molecule has 0 bridgehead atoms. The van der Waals surface area contributed by atoms with E-state index in [-0.39, 0.29) is 5.41 Å². The third-order valence-electron chi connectivity index (χ3n) is 2.54. The monoisotopic (exact) mass is 169 g/mol. The van der Waals surface area contributed by atoms with Gasteiger partial charge in [0.15, 0.2) is 0 Å². The summed E-state index contributed by atoms with van der Waals surface area (Å²) < 4.78 is 0. The summed E-state index contributed by atoms with van der Waals surface area (Å²) in [6, 6.07) is 0. The van der Waals surface area contributed by atoms with Crippen molar-refractivity contribution in [3.63, 3.8) is 0 Å². The van der Waals surface area contributed by atoms with Gasteiger partial charge in [-0.1, -0.05) is 20.8 Å². The summed E-state index contributed by atoms with van der Waals surface area (Å²) in [5.41, 5.74) is 0.196. The highest BCUT2D eigenvalue weighted by atomic mass is 16.2. The van der Waals surface area contributed by atoms with Gasteiger partial charge >= 0.3 is 0 Å². The predicted octanol–water partition coefficient (Wildman–Crippen LogP) is 1.90. The van der Waals surface area contributed by atoms with Gasteiger partial charge in [-0.25, -0.2) is 0 Å². The van der Waals surface area contributed by atoms with Crippen molar-refractivity contribution in [1.82, 2.24) is 4.90 Å². The van der Waals surface area contributed by atoms with Gasteiger partial charge in [-0.15, -0.1) is 0 Å². The second-order valence-corrected chi connectivity index (χ2v) is 4.92. The summed E-state index contributed by atoms with van der Waals surface area (Å²) in [6.07, 6.45) is 1.86. The minimum atomic E-state index is 0.196. The molecular formula is C10H19NO. The van der Waals surface area contributed by atoms with Crippen molar-refractivity contribution in [3.05, 3.63) is 0 Å². The zero-order valence-corrected chi connectivity index (χ0v) is 8.55. The van der Waals surface area contributed by atoms with Crippen LogP contribution in [0.4, 0.5) is 0 Å². The predicted molar refractivity (Wildman–Crippen MR) is 49.8 cm³/mol. The van der Waals surface area contributed by atoms with E-state index in [1.54, 1.807) is 0 Å². The first-order chi connectivity index (χ1) is 5.41. The third-order valence-corrected chi connectivity index (χ3v) is 2.54. The first kappa shape index (κ1) is 9.56. The van der Waals surface area contributed by atoms with Gasteiger partial charge < -0.3 is 4.90 Å². The molecule has 0 N–H and O–H groups in total. The second kappa shape index (κ2) is 3.08. The Morgan fingerprint density at radius 3 is 2.67 bits per heavy atom. The molecule has 1 unspecified atom stereocenters. The molecule has 70 valence electrons. The zero-order chi connectivity index (χ0) is 9.35. The topological polar surface area (TPSA) is 20.3 Å². The van der Waals surface area contributed by atoms with Crippen molar-refractivity contribution in [2.45, 2.75) is 33.6 Å². The van der Waals surface area contributed by atoms with Gasteiger partial charge in [0.2, 0.25) is 5.91 Å². The van der Waals surface area contributed by atoms with Crippen LogP contribution in [0, 0.1) is 11.3 Å². The number of hydrogen-bond donors (Lipinski definition) is 0. The molecule has 0 aromatic carbocycles. The van der Waals surface area contributed by atoms with Crippen LogP contribution in [-0.2, 0) is 4.79 Å². The fraction of sp³-hybridized carbons (Fsp3) is 0.900. The Bertz CT molecular complexity index is 186. The van der Waals surface area contributed by atoms with Gasteiger partial charge in [0.05, 0.1) is 0 Å².